The van der Waals surface area contributed by atoms with E-state index >= 15 is 0 Å². The van der Waals surface area contributed by atoms with Gasteiger partial charge in [-0.1, -0.05) is 13.3 Å². The van der Waals surface area contributed by atoms with Gasteiger partial charge in [-0.15, -0.1) is 0 Å². The molecule has 0 bridgehead atoms. The molecule has 5 heteroatoms. The van der Waals surface area contributed by atoms with Gasteiger partial charge in [-0.25, -0.2) is 0 Å². The Bertz CT molecular complexity index is 215. The normalized spacial score (nSPS) is 12.1. The van der Waals surface area contributed by atoms with Crippen LogP contribution in [0.2, 0.25) is 0 Å². The lowest BCUT2D eigenvalue weighted by Gasteiger charge is -2.06. The molecule has 0 aliphatic carbocycles. The fourth-order valence-electron chi connectivity index (χ4n) is 1.16. The number of carbonyl (C=O) groups excluding carboxylic acids is 2. The van der Waals surface area contributed by atoms with Crippen LogP contribution >= 0.6 is 0 Å². The maximum absolute atomic E-state index is 10.6. The van der Waals surface area contributed by atoms with Gasteiger partial charge in [-0.05, 0) is 6.42 Å². The zero-order valence-corrected chi connectivity index (χ0v) is 8.27. The lowest BCUT2D eigenvalue weighted by molar-refractivity contribution is -0.524. The highest BCUT2D eigenvalue weighted by Gasteiger charge is 2.20. The molecule has 0 radical (unpaired) electrons. The molecule has 1 unspecified atom stereocenters. The number of Topliss-reactive ketones (excluding diaryl/α,β-unsaturated/α-hetero) is 1. The van der Waals surface area contributed by atoms with Crippen LogP contribution in [0, 0.1) is 10.1 Å². The van der Waals surface area contributed by atoms with Crippen LogP contribution in [0.4, 0.5) is 0 Å². The van der Waals surface area contributed by atoms with E-state index in [0.29, 0.717) is 6.42 Å². The first-order valence-electron chi connectivity index (χ1n) is 4.73. The molecule has 5 nitrogen and oxygen atoms in total. The minimum Gasteiger partial charge on any atom is -0.295 e. The molecule has 0 aliphatic rings. The van der Waals surface area contributed by atoms with Crippen molar-refractivity contribution in [1.29, 1.82) is 0 Å². The van der Waals surface area contributed by atoms with Crippen molar-refractivity contribution in [2.24, 2.45) is 0 Å². The molecule has 0 saturated carbocycles. The van der Waals surface area contributed by atoms with E-state index in [-0.39, 0.29) is 24.1 Å². The Morgan fingerprint density at radius 3 is 2.57 bits per heavy atom. The molecular weight excluding hydrogens is 186 g/mol. The van der Waals surface area contributed by atoms with Gasteiger partial charge in [0, 0.05) is 24.2 Å². The highest BCUT2D eigenvalue weighted by Crippen LogP contribution is 2.10. The Balaban J connectivity index is 3.90. The van der Waals surface area contributed by atoms with E-state index in [0.717, 1.165) is 12.8 Å². The average Bonchev–Trinajstić information content (AvgIpc) is 2.16. The van der Waals surface area contributed by atoms with E-state index in [4.69, 9.17) is 0 Å². The summed E-state index contributed by atoms with van der Waals surface area (Å²) in [4.78, 5) is 30.7. The molecule has 0 rings (SSSR count). The standard InChI is InChI=1S/C9H15NO4/c1-2-3-4-8(10(13)14)5-6-9(12)7-11/h7-8H,2-6H2,1H3. The summed E-state index contributed by atoms with van der Waals surface area (Å²) in [5.41, 5.74) is 0. The molecule has 0 aromatic carbocycles. The number of ketones is 1. The number of hydrogen-bond acceptors (Lipinski definition) is 4. The number of hydrogen-bond donors (Lipinski definition) is 0. The van der Waals surface area contributed by atoms with E-state index in [9.17, 15) is 19.7 Å². The van der Waals surface area contributed by atoms with Crippen LogP contribution in [-0.2, 0) is 9.59 Å². The summed E-state index contributed by atoms with van der Waals surface area (Å²) < 4.78 is 0. The number of unbranched alkanes of at least 4 members (excludes halogenated alkanes) is 1. The minimum absolute atomic E-state index is 0.0150. The maximum atomic E-state index is 10.6. The molecule has 0 fully saturated rings. The fourth-order valence-corrected chi connectivity index (χ4v) is 1.16. The molecule has 14 heavy (non-hydrogen) atoms. The smallest absolute Gasteiger partial charge is 0.213 e. The van der Waals surface area contributed by atoms with Crippen molar-refractivity contribution in [3.8, 4) is 0 Å². The number of rotatable bonds is 8. The summed E-state index contributed by atoms with van der Waals surface area (Å²) in [6.45, 7) is 1.95. The molecule has 80 valence electrons. The second kappa shape index (κ2) is 7.17. The summed E-state index contributed by atoms with van der Waals surface area (Å²) >= 11 is 0. The minimum atomic E-state index is -0.682. The summed E-state index contributed by atoms with van der Waals surface area (Å²) in [5, 5.41) is 10.5. The van der Waals surface area contributed by atoms with Gasteiger partial charge in [-0.2, -0.15) is 0 Å². The predicted octanol–water partition coefficient (Wildman–Crippen LogP) is 1.37. The molecule has 0 aliphatic heterocycles. The van der Waals surface area contributed by atoms with Crippen LogP contribution in [0.3, 0.4) is 0 Å². The van der Waals surface area contributed by atoms with Crippen LogP contribution in [0.15, 0.2) is 0 Å². The molecule has 0 spiro atoms. The summed E-state index contributed by atoms with van der Waals surface area (Å²) in [6, 6.07) is -0.682. The first-order valence-corrected chi connectivity index (χ1v) is 4.73. The Kier molecular flexibility index (Phi) is 6.53. The summed E-state index contributed by atoms with van der Waals surface area (Å²) in [5.74, 6) is -0.562. The van der Waals surface area contributed by atoms with Crippen molar-refractivity contribution in [2.75, 3.05) is 0 Å². The third-order valence-electron chi connectivity index (χ3n) is 2.04. The molecule has 0 N–H and O–H groups in total. The quantitative estimate of drug-likeness (QED) is 0.257. The number of carbonyl (C=O) groups is 2. The third kappa shape index (κ3) is 5.40. The second-order valence-electron chi connectivity index (χ2n) is 3.20. The van der Waals surface area contributed by atoms with E-state index in [1.807, 2.05) is 6.92 Å². The third-order valence-corrected chi connectivity index (χ3v) is 2.04. The Labute approximate surface area is 82.6 Å². The molecule has 1 atom stereocenters. The summed E-state index contributed by atoms with van der Waals surface area (Å²) in [7, 11) is 0. The highest BCUT2D eigenvalue weighted by atomic mass is 16.6. The first-order chi connectivity index (χ1) is 6.61. The van der Waals surface area contributed by atoms with Crippen LogP contribution in [0.25, 0.3) is 0 Å². The van der Waals surface area contributed by atoms with Crippen molar-refractivity contribution >= 4 is 12.1 Å². The van der Waals surface area contributed by atoms with Gasteiger partial charge in [0.05, 0.1) is 0 Å². The van der Waals surface area contributed by atoms with Crippen molar-refractivity contribution in [3.63, 3.8) is 0 Å². The fraction of sp³-hybridized carbons (Fsp3) is 0.778. The largest absolute Gasteiger partial charge is 0.295 e. The average molecular weight is 201 g/mol. The molecule has 0 aromatic rings. The lowest BCUT2D eigenvalue weighted by Crippen LogP contribution is -2.20. The van der Waals surface area contributed by atoms with Gasteiger partial charge in [0.25, 0.3) is 0 Å². The molecule has 0 heterocycles. The zero-order valence-electron chi connectivity index (χ0n) is 8.27. The number of aldehydes is 1. The van der Waals surface area contributed by atoms with Gasteiger partial charge >= 0.3 is 0 Å². The van der Waals surface area contributed by atoms with E-state index in [1.165, 1.54) is 0 Å². The highest BCUT2D eigenvalue weighted by molar-refractivity contribution is 6.24. The van der Waals surface area contributed by atoms with Gasteiger partial charge in [-0.3, -0.25) is 19.7 Å². The Morgan fingerprint density at radius 2 is 2.14 bits per heavy atom. The number of nitro groups is 1. The van der Waals surface area contributed by atoms with Gasteiger partial charge < -0.3 is 0 Å². The van der Waals surface area contributed by atoms with Crippen molar-refractivity contribution < 1.29 is 14.5 Å². The molecule has 0 amide bonds. The Morgan fingerprint density at radius 1 is 1.50 bits per heavy atom. The van der Waals surface area contributed by atoms with Gasteiger partial charge in [0.1, 0.15) is 0 Å². The first kappa shape index (κ1) is 12.7. The van der Waals surface area contributed by atoms with Crippen LogP contribution in [0.1, 0.15) is 39.0 Å². The van der Waals surface area contributed by atoms with E-state index in [1.54, 1.807) is 0 Å². The van der Waals surface area contributed by atoms with Crippen molar-refractivity contribution in [3.05, 3.63) is 10.1 Å². The van der Waals surface area contributed by atoms with Gasteiger partial charge in [0.15, 0.2) is 12.1 Å². The van der Waals surface area contributed by atoms with Crippen LogP contribution in [0.5, 0.6) is 0 Å². The topological polar surface area (TPSA) is 77.3 Å². The molecule has 0 saturated heterocycles. The SMILES string of the molecule is CCCCC(CCC(=O)C=O)[N+](=O)[O-]. The lowest BCUT2D eigenvalue weighted by atomic mass is 10.0. The van der Waals surface area contributed by atoms with E-state index in [2.05, 4.69) is 0 Å². The van der Waals surface area contributed by atoms with Crippen molar-refractivity contribution in [2.45, 2.75) is 45.1 Å². The van der Waals surface area contributed by atoms with Gasteiger partial charge in [0.2, 0.25) is 6.04 Å². The number of nitrogens with zero attached hydrogens (tertiary/aromatic N) is 1. The van der Waals surface area contributed by atoms with Crippen LogP contribution in [-0.4, -0.2) is 23.0 Å². The molecule has 0 aromatic heterocycles. The van der Waals surface area contributed by atoms with Crippen LogP contribution < -0.4 is 0 Å². The molecular formula is C9H15NO4. The van der Waals surface area contributed by atoms with Crippen molar-refractivity contribution in [1.82, 2.24) is 0 Å². The monoisotopic (exact) mass is 201 g/mol. The zero-order chi connectivity index (χ0) is 11.0. The predicted molar refractivity (Wildman–Crippen MR) is 50.6 cm³/mol. The summed E-state index contributed by atoms with van der Waals surface area (Å²) in [6.07, 6.45) is 2.53. The van der Waals surface area contributed by atoms with E-state index < -0.39 is 11.8 Å². The Hall–Kier alpha value is -1.26. The second-order valence-corrected chi connectivity index (χ2v) is 3.20. The maximum Gasteiger partial charge on any atom is 0.213 e.